The van der Waals surface area contributed by atoms with E-state index in [1.165, 1.54) is 23.7 Å². The fraction of sp³-hybridized carbons (Fsp3) is 0.320. The molecule has 1 aromatic carbocycles. The summed E-state index contributed by atoms with van der Waals surface area (Å²) >= 11 is 13.7. The van der Waals surface area contributed by atoms with Crippen molar-refractivity contribution in [2.45, 2.75) is 45.9 Å². The lowest BCUT2D eigenvalue weighted by Crippen LogP contribution is -2.23. The summed E-state index contributed by atoms with van der Waals surface area (Å²) in [6, 6.07) is 8.06. The van der Waals surface area contributed by atoms with E-state index in [0.717, 1.165) is 16.6 Å². The van der Waals surface area contributed by atoms with E-state index in [4.69, 9.17) is 32.7 Å². The fourth-order valence-corrected chi connectivity index (χ4v) is 5.33. The number of halogens is 2. The molecule has 0 fully saturated rings. The Bertz CT molecular complexity index is 1470. The lowest BCUT2D eigenvalue weighted by Gasteiger charge is -2.15. The van der Waals surface area contributed by atoms with E-state index >= 15 is 0 Å². The van der Waals surface area contributed by atoms with Crippen LogP contribution in [0.25, 0.3) is 10.6 Å². The van der Waals surface area contributed by atoms with Crippen LogP contribution in [0.3, 0.4) is 0 Å². The molecule has 0 aliphatic heterocycles. The molecule has 0 amide bonds. The highest BCUT2D eigenvalue weighted by atomic mass is 35.5. The lowest BCUT2D eigenvalue weighted by molar-refractivity contribution is 0.0855. The fourth-order valence-electron chi connectivity index (χ4n) is 3.17. The molecule has 0 atom stereocenters. The van der Waals surface area contributed by atoms with Gasteiger partial charge in [0.1, 0.15) is 12.5 Å². The van der Waals surface area contributed by atoms with Gasteiger partial charge in [-0.25, -0.2) is 9.97 Å². The van der Waals surface area contributed by atoms with Crippen molar-refractivity contribution in [1.82, 2.24) is 24.5 Å². The van der Waals surface area contributed by atoms with E-state index in [1.54, 1.807) is 18.2 Å². The van der Waals surface area contributed by atoms with Crippen LogP contribution in [-0.4, -0.2) is 44.3 Å². The van der Waals surface area contributed by atoms with Gasteiger partial charge >= 0.3 is 6.01 Å². The summed E-state index contributed by atoms with van der Waals surface area (Å²) in [5, 5.41) is 10.1. The Hall–Kier alpha value is -2.67. The third kappa shape index (κ3) is 7.92. The summed E-state index contributed by atoms with van der Waals surface area (Å²) in [6.07, 6.45) is 4.97. The van der Waals surface area contributed by atoms with Crippen LogP contribution in [0.5, 0.6) is 11.8 Å². The Kier molecular flexibility index (Phi) is 9.29. The zero-order valence-electron chi connectivity index (χ0n) is 21.5. The average molecular weight is 592 g/mol. The van der Waals surface area contributed by atoms with E-state index in [2.05, 4.69) is 44.6 Å². The lowest BCUT2D eigenvalue weighted by atomic mass is 10.3. The zero-order chi connectivity index (χ0) is 27.3. The quantitative estimate of drug-likeness (QED) is 0.172. The second-order valence-electron chi connectivity index (χ2n) is 9.69. The molecule has 3 aromatic heterocycles. The summed E-state index contributed by atoms with van der Waals surface area (Å²) in [5.74, 6) is 0.831. The number of rotatable bonds is 10. The van der Waals surface area contributed by atoms with E-state index in [9.17, 15) is 5.11 Å². The van der Waals surface area contributed by atoms with Crippen LogP contribution in [0.15, 0.2) is 47.8 Å². The van der Waals surface area contributed by atoms with Crippen molar-refractivity contribution in [3.05, 3.63) is 69.1 Å². The number of hydrogen-bond acceptors (Lipinski definition) is 9. The smallest absolute Gasteiger partial charge is 0.322 e. The van der Waals surface area contributed by atoms with E-state index in [-0.39, 0.29) is 12.6 Å². The van der Waals surface area contributed by atoms with Gasteiger partial charge in [-0.15, -0.1) is 0 Å². The monoisotopic (exact) mass is 590 g/mol. The molecule has 0 aliphatic carbocycles. The number of thiazole rings is 1. The first-order valence-corrected chi connectivity index (χ1v) is 17.1. The number of aryl methyl sites for hydroxylation is 1. The van der Waals surface area contributed by atoms with Crippen molar-refractivity contribution in [3.63, 3.8) is 0 Å². The van der Waals surface area contributed by atoms with Gasteiger partial charge in [-0.3, -0.25) is 9.55 Å². The minimum atomic E-state index is -1.22. The molecule has 9 nitrogen and oxygen atoms in total. The molecule has 4 aromatic rings. The largest absolute Gasteiger partial charge is 0.423 e. The highest BCUT2D eigenvalue weighted by Crippen LogP contribution is 2.31. The molecule has 4 rings (SSSR count). The van der Waals surface area contributed by atoms with Crippen LogP contribution in [0.4, 0.5) is 5.82 Å². The SMILES string of the molecule is Cc1cc(-c2cn(COCC[Si](C)(C)C)/c(=N/c3cnc(CO)cn3)s2)nc(Oc2ccc(Cl)cc2Cl)n1. The van der Waals surface area contributed by atoms with E-state index in [0.29, 0.717) is 51.1 Å². The second kappa shape index (κ2) is 12.5. The Balaban J connectivity index is 1.67. The van der Waals surface area contributed by atoms with Crippen molar-refractivity contribution < 1.29 is 14.6 Å². The van der Waals surface area contributed by atoms with Crippen LogP contribution < -0.4 is 9.54 Å². The molecular formula is C25H28Cl2N6O3SSi. The molecule has 200 valence electrons. The summed E-state index contributed by atoms with van der Waals surface area (Å²) in [5.41, 5.74) is 1.87. The summed E-state index contributed by atoms with van der Waals surface area (Å²) in [7, 11) is -1.22. The number of benzene rings is 1. The van der Waals surface area contributed by atoms with Gasteiger partial charge in [-0.05, 0) is 37.2 Å². The van der Waals surface area contributed by atoms with Gasteiger partial charge in [0.25, 0.3) is 0 Å². The summed E-state index contributed by atoms with van der Waals surface area (Å²) < 4.78 is 13.8. The molecule has 1 N–H and O–H groups in total. The molecular weight excluding hydrogens is 563 g/mol. The van der Waals surface area contributed by atoms with Crippen LogP contribution in [0.1, 0.15) is 11.4 Å². The van der Waals surface area contributed by atoms with Gasteiger partial charge < -0.3 is 14.6 Å². The summed E-state index contributed by atoms with van der Waals surface area (Å²) in [6.45, 7) is 9.63. The first-order chi connectivity index (χ1) is 18.1. The Morgan fingerprint density at radius 1 is 1.11 bits per heavy atom. The molecule has 0 saturated carbocycles. The van der Waals surface area contributed by atoms with Crippen molar-refractivity contribution in [2.24, 2.45) is 4.99 Å². The second-order valence-corrected chi connectivity index (χ2v) is 17.2. The van der Waals surface area contributed by atoms with Crippen molar-refractivity contribution in [3.8, 4) is 22.3 Å². The van der Waals surface area contributed by atoms with Crippen LogP contribution in [0, 0.1) is 6.92 Å². The molecule has 0 aliphatic rings. The van der Waals surface area contributed by atoms with Crippen molar-refractivity contribution in [1.29, 1.82) is 0 Å². The molecule has 0 saturated heterocycles. The highest BCUT2D eigenvalue weighted by Gasteiger charge is 2.15. The molecule has 0 radical (unpaired) electrons. The third-order valence-corrected chi connectivity index (χ3v) is 8.47. The van der Waals surface area contributed by atoms with Gasteiger partial charge in [0.2, 0.25) is 0 Å². The maximum absolute atomic E-state index is 9.25. The number of aromatic nitrogens is 5. The first kappa shape index (κ1) is 28.3. The highest BCUT2D eigenvalue weighted by molar-refractivity contribution is 7.12. The van der Waals surface area contributed by atoms with Gasteiger partial charge in [0, 0.05) is 31.6 Å². The van der Waals surface area contributed by atoms with E-state index in [1.807, 2.05) is 23.8 Å². The van der Waals surface area contributed by atoms with Gasteiger partial charge in [-0.1, -0.05) is 54.2 Å². The maximum atomic E-state index is 9.25. The standard InChI is InChI=1S/C25H28Cl2N6O3SSi/c1-16-9-20(31-24(30-16)36-21-6-5-17(26)10-19(21)27)22-13-33(15-35-7-8-38(2,3)4)25(37-22)32-23-12-28-18(14-34)11-29-23/h5-6,9-13,34H,7-8,14-15H2,1-4H3/b32-25-. The number of hydrogen-bond donors (Lipinski definition) is 1. The molecule has 0 unspecified atom stereocenters. The summed E-state index contributed by atoms with van der Waals surface area (Å²) in [4.78, 5) is 23.7. The zero-order valence-corrected chi connectivity index (χ0v) is 24.8. The number of aliphatic hydroxyl groups excluding tert-OH is 1. The van der Waals surface area contributed by atoms with Gasteiger partial charge in [0.05, 0.1) is 40.3 Å². The Labute approximate surface area is 235 Å². The predicted molar refractivity (Wildman–Crippen MR) is 152 cm³/mol. The normalized spacial score (nSPS) is 12.2. The topological polar surface area (TPSA) is 108 Å². The number of ether oxygens (including phenoxy) is 2. The van der Waals surface area contributed by atoms with Crippen molar-refractivity contribution in [2.75, 3.05) is 6.61 Å². The minimum Gasteiger partial charge on any atom is -0.423 e. The van der Waals surface area contributed by atoms with Gasteiger partial charge in [0.15, 0.2) is 10.6 Å². The van der Waals surface area contributed by atoms with E-state index < -0.39 is 8.07 Å². The number of aliphatic hydroxyl groups is 1. The maximum Gasteiger partial charge on any atom is 0.322 e. The van der Waals surface area contributed by atoms with Crippen LogP contribution in [0.2, 0.25) is 35.7 Å². The molecule has 0 spiro atoms. The Morgan fingerprint density at radius 2 is 1.92 bits per heavy atom. The average Bonchev–Trinajstić information content (AvgIpc) is 3.26. The first-order valence-electron chi connectivity index (χ1n) is 11.8. The Morgan fingerprint density at radius 3 is 2.61 bits per heavy atom. The van der Waals surface area contributed by atoms with Crippen molar-refractivity contribution >= 4 is 48.4 Å². The minimum absolute atomic E-state index is 0.166. The van der Waals surface area contributed by atoms with Crippen LogP contribution in [-0.2, 0) is 18.1 Å². The van der Waals surface area contributed by atoms with Gasteiger partial charge in [-0.2, -0.15) is 9.98 Å². The van der Waals surface area contributed by atoms with Crippen LogP contribution >= 0.6 is 34.5 Å². The molecule has 3 heterocycles. The number of nitrogens with zero attached hydrogens (tertiary/aromatic N) is 6. The third-order valence-electron chi connectivity index (χ3n) is 5.19. The molecule has 13 heteroatoms. The molecule has 38 heavy (non-hydrogen) atoms. The predicted octanol–water partition coefficient (Wildman–Crippen LogP) is 6.24. The molecule has 0 bridgehead atoms.